The number of nitrogens with one attached hydrogen (secondary N) is 2. The smallest absolute Gasteiger partial charge is 0.319 e. The average Bonchev–Trinajstić information content (AvgIpc) is 2.52. The first-order valence-corrected chi connectivity index (χ1v) is 7.62. The third kappa shape index (κ3) is 5.79. The van der Waals surface area contributed by atoms with Crippen molar-refractivity contribution in [2.24, 2.45) is 0 Å². The van der Waals surface area contributed by atoms with Crippen LogP contribution in [0.25, 0.3) is 0 Å². The van der Waals surface area contributed by atoms with Crippen molar-refractivity contribution >= 4 is 23.3 Å². The maximum Gasteiger partial charge on any atom is 0.319 e. The largest absolute Gasteiger partial charge is 0.494 e. The molecule has 0 atom stereocenters. The van der Waals surface area contributed by atoms with Gasteiger partial charge in [0, 0.05) is 12.2 Å². The molecule has 2 aromatic rings. The number of halogens is 2. The highest BCUT2D eigenvalue weighted by Crippen LogP contribution is 2.19. The lowest BCUT2D eigenvalue weighted by atomic mass is 10.2. The van der Waals surface area contributed by atoms with E-state index in [0.717, 1.165) is 5.75 Å². The van der Waals surface area contributed by atoms with Gasteiger partial charge in [0.15, 0.2) is 0 Å². The van der Waals surface area contributed by atoms with E-state index in [0.29, 0.717) is 25.3 Å². The molecular weight excluding hydrogens is 319 g/mol. The zero-order chi connectivity index (χ0) is 16.7. The summed E-state index contributed by atoms with van der Waals surface area (Å²) in [5, 5.41) is 5.24. The Bertz CT molecular complexity index is 662. The molecule has 0 aliphatic heterocycles. The van der Waals surface area contributed by atoms with Crippen LogP contribution in [0.5, 0.6) is 5.75 Å². The molecule has 0 radical (unpaired) electrons. The van der Waals surface area contributed by atoms with Crippen molar-refractivity contribution in [1.29, 1.82) is 0 Å². The minimum Gasteiger partial charge on any atom is -0.494 e. The van der Waals surface area contributed by atoms with E-state index in [1.54, 1.807) is 0 Å². The molecule has 0 aliphatic carbocycles. The van der Waals surface area contributed by atoms with Gasteiger partial charge in [-0.1, -0.05) is 29.3 Å². The summed E-state index contributed by atoms with van der Waals surface area (Å²) in [6, 6.07) is 11.4. The third-order valence-corrected chi connectivity index (χ3v) is 3.36. The Kier molecular flexibility index (Phi) is 6.23. The Morgan fingerprint density at radius 1 is 1.22 bits per heavy atom. The molecule has 0 aromatic heterocycles. The summed E-state index contributed by atoms with van der Waals surface area (Å²) < 4.78 is 18.6. The fourth-order valence-electron chi connectivity index (χ4n) is 1.85. The molecule has 6 heteroatoms. The molecule has 0 bridgehead atoms. The lowest BCUT2D eigenvalue weighted by Gasteiger charge is -2.09. The molecule has 0 fully saturated rings. The fourth-order valence-corrected chi connectivity index (χ4v) is 2.03. The van der Waals surface area contributed by atoms with E-state index in [4.69, 9.17) is 16.3 Å². The van der Waals surface area contributed by atoms with Crippen LogP contribution in [-0.4, -0.2) is 19.2 Å². The van der Waals surface area contributed by atoms with Gasteiger partial charge in [0.1, 0.15) is 11.6 Å². The molecule has 0 spiro atoms. The summed E-state index contributed by atoms with van der Waals surface area (Å²) >= 11 is 5.65. The number of anilines is 1. The lowest BCUT2D eigenvalue weighted by molar-refractivity contribution is 0.250. The SMILES string of the molecule is Cc1ccc(OCCCNC(=O)Nc2ccc(F)c(Cl)c2)cc1. The Morgan fingerprint density at radius 3 is 2.65 bits per heavy atom. The molecule has 2 N–H and O–H groups in total. The van der Waals surface area contributed by atoms with Crippen LogP contribution in [0, 0.1) is 12.7 Å². The maximum absolute atomic E-state index is 13.0. The number of urea groups is 1. The number of hydrogen-bond acceptors (Lipinski definition) is 2. The average molecular weight is 337 g/mol. The van der Waals surface area contributed by atoms with Gasteiger partial charge >= 0.3 is 6.03 Å². The summed E-state index contributed by atoms with van der Waals surface area (Å²) in [6.45, 7) is 2.99. The van der Waals surface area contributed by atoms with Crippen LogP contribution < -0.4 is 15.4 Å². The molecule has 0 heterocycles. The molecule has 0 aliphatic rings. The molecule has 0 unspecified atom stereocenters. The fraction of sp³-hybridized carbons (Fsp3) is 0.235. The number of ether oxygens (including phenoxy) is 1. The second-order valence-electron chi connectivity index (χ2n) is 5.02. The maximum atomic E-state index is 13.0. The molecule has 122 valence electrons. The molecule has 2 rings (SSSR count). The van der Waals surface area contributed by atoms with Crippen LogP contribution in [0.1, 0.15) is 12.0 Å². The van der Waals surface area contributed by atoms with Crippen molar-refractivity contribution in [1.82, 2.24) is 5.32 Å². The second-order valence-corrected chi connectivity index (χ2v) is 5.43. The van der Waals surface area contributed by atoms with Gasteiger partial charge in [0.25, 0.3) is 0 Å². The van der Waals surface area contributed by atoms with Gasteiger partial charge in [-0.15, -0.1) is 0 Å². The number of hydrogen-bond donors (Lipinski definition) is 2. The van der Waals surface area contributed by atoms with Crippen molar-refractivity contribution in [3.8, 4) is 5.75 Å². The molecule has 2 aromatic carbocycles. The Morgan fingerprint density at radius 2 is 1.96 bits per heavy atom. The molecule has 23 heavy (non-hydrogen) atoms. The Labute approximate surface area is 139 Å². The number of carbonyl (C=O) groups is 1. The first-order chi connectivity index (χ1) is 11.0. The Hall–Kier alpha value is -2.27. The van der Waals surface area contributed by atoms with Crippen LogP contribution in [0.3, 0.4) is 0 Å². The quantitative estimate of drug-likeness (QED) is 0.769. The first kappa shape index (κ1) is 17.1. The minimum absolute atomic E-state index is 0.0331. The lowest BCUT2D eigenvalue weighted by Crippen LogP contribution is -2.30. The number of amides is 2. The highest BCUT2D eigenvalue weighted by atomic mass is 35.5. The van der Waals surface area contributed by atoms with Crippen molar-refractivity contribution < 1.29 is 13.9 Å². The van der Waals surface area contributed by atoms with Crippen molar-refractivity contribution in [2.75, 3.05) is 18.5 Å². The van der Waals surface area contributed by atoms with Crippen molar-refractivity contribution in [3.05, 3.63) is 58.9 Å². The van der Waals surface area contributed by atoms with Crippen LogP contribution in [0.4, 0.5) is 14.9 Å². The van der Waals surface area contributed by atoms with Crippen molar-refractivity contribution in [2.45, 2.75) is 13.3 Å². The van der Waals surface area contributed by atoms with E-state index in [2.05, 4.69) is 10.6 Å². The van der Waals surface area contributed by atoms with Crippen LogP contribution >= 0.6 is 11.6 Å². The number of aryl methyl sites for hydroxylation is 1. The number of benzene rings is 2. The number of carbonyl (C=O) groups excluding carboxylic acids is 1. The van der Waals surface area contributed by atoms with E-state index >= 15 is 0 Å². The standard InChI is InChI=1S/C17H18ClFN2O2/c1-12-3-6-14(7-4-12)23-10-2-9-20-17(22)21-13-5-8-16(19)15(18)11-13/h3-8,11H,2,9-10H2,1H3,(H2,20,21,22). The normalized spacial score (nSPS) is 10.2. The van der Waals surface area contributed by atoms with Crippen LogP contribution in [0.2, 0.25) is 5.02 Å². The number of rotatable bonds is 6. The van der Waals surface area contributed by atoms with Crippen LogP contribution in [0.15, 0.2) is 42.5 Å². The highest BCUT2D eigenvalue weighted by molar-refractivity contribution is 6.31. The van der Waals surface area contributed by atoms with E-state index < -0.39 is 5.82 Å². The zero-order valence-electron chi connectivity index (χ0n) is 12.7. The second kappa shape index (κ2) is 8.39. The zero-order valence-corrected chi connectivity index (χ0v) is 13.5. The van der Waals surface area contributed by atoms with Gasteiger partial charge in [-0.3, -0.25) is 0 Å². The first-order valence-electron chi connectivity index (χ1n) is 7.24. The molecular formula is C17H18ClFN2O2. The Balaban J connectivity index is 1.64. The predicted molar refractivity (Wildman–Crippen MR) is 89.7 cm³/mol. The van der Waals surface area contributed by atoms with Crippen LogP contribution in [-0.2, 0) is 0 Å². The molecule has 4 nitrogen and oxygen atoms in total. The van der Waals surface area contributed by atoms with Gasteiger partial charge < -0.3 is 15.4 Å². The van der Waals surface area contributed by atoms with Gasteiger partial charge in [-0.05, 0) is 43.7 Å². The topological polar surface area (TPSA) is 50.4 Å². The van der Waals surface area contributed by atoms with E-state index in [9.17, 15) is 9.18 Å². The van der Waals surface area contributed by atoms with E-state index in [1.165, 1.54) is 23.8 Å². The van der Waals surface area contributed by atoms with Gasteiger partial charge in [0.05, 0.1) is 11.6 Å². The molecule has 2 amide bonds. The van der Waals surface area contributed by atoms with E-state index in [1.807, 2.05) is 31.2 Å². The predicted octanol–water partition coefficient (Wildman–Crippen LogP) is 4.38. The molecule has 0 saturated heterocycles. The van der Waals surface area contributed by atoms with E-state index in [-0.39, 0.29) is 11.1 Å². The van der Waals surface area contributed by atoms with Gasteiger partial charge in [-0.25, -0.2) is 9.18 Å². The minimum atomic E-state index is -0.522. The summed E-state index contributed by atoms with van der Waals surface area (Å²) in [4.78, 5) is 11.7. The van der Waals surface area contributed by atoms with Gasteiger partial charge in [-0.2, -0.15) is 0 Å². The monoisotopic (exact) mass is 336 g/mol. The molecule has 0 saturated carbocycles. The summed E-state index contributed by atoms with van der Waals surface area (Å²) in [6.07, 6.45) is 0.672. The third-order valence-electron chi connectivity index (χ3n) is 3.07. The summed E-state index contributed by atoms with van der Waals surface area (Å²) in [5.41, 5.74) is 1.61. The highest BCUT2D eigenvalue weighted by Gasteiger charge is 2.04. The summed E-state index contributed by atoms with van der Waals surface area (Å²) in [5.74, 6) is 0.284. The summed E-state index contributed by atoms with van der Waals surface area (Å²) in [7, 11) is 0. The van der Waals surface area contributed by atoms with Crippen molar-refractivity contribution in [3.63, 3.8) is 0 Å². The van der Waals surface area contributed by atoms with Gasteiger partial charge in [0.2, 0.25) is 0 Å².